The number of carbonyl (C=O) groups is 1. The second-order valence-corrected chi connectivity index (χ2v) is 5.06. The van der Waals surface area contributed by atoms with E-state index in [0.29, 0.717) is 5.56 Å². The zero-order valence-electron chi connectivity index (χ0n) is 10.4. The molecular formula is C13H20N2O. The second-order valence-electron chi connectivity index (χ2n) is 5.06. The van der Waals surface area contributed by atoms with Crippen LogP contribution in [0.2, 0.25) is 0 Å². The molecule has 1 aromatic carbocycles. The van der Waals surface area contributed by atoms with Crippen LogP contribution in [0.25, 0.3) is 0 Å². The Labute approximate surface area is 97.2 Å². The summed E-state index contributed by atoms with van der Waals surface area (Å²) >= 11 is 0. The molecular weight excluding hydrogens is 200 g/mol. The lowest BCUT2D eigenvalue weighted by atomic mass is 9.95. The van der Waals surface area contributed by atoms with Gasteiger partial charge >= 0.3 is 0 Å². The Morgan fingerprint density at radius 3 is 2.12 bits per heavy atom. The van der Waals surface area contributed by atoms with Gasteiger partial charge in [0.25, 0.3) is 5.91 Å². The van der Waals surface area contributed by atoms with Crippen molar-refractivity contribution in [3.63, 3.8) is 0 Å². The van der Waals surface area contributed by atoms with Gasteiger partial charge in [-0.05, 0) is 38.0 Å². The van der Waals surface area contributed by atoms with Gasteiger partial charge in [-0.3, -0.25) is 4.79 Å². The molecule has 88 valence electrons. The van der Waals surface area contributed by atoms with E-state index in [1.165, 1.54) is 0 Å². The van der Waals surface area contributed by atoms with Gasteiger partial charge in [-0.15, -0.1) is 0 Å². The quantitative estimate of drug-likeness (QED) is 0.842. The molecule has 3 heteroatoms. The van der Waals surface area contributed by atoms with Gasteiger partial charge in [-0.1, -0.05) is 12.1 Å². The maximum absolute atomic E-state index is 11.6. The van der Waals surface area contributed by atoms with Gasteiger partial charge in [-0.25, -0.2) is 0 Å². The van der Waals surface area contributed by atoms with Crippen LogP contribution in [0.1, 0.15) is 29.8 Å². The van der Waals surface area contributed by atoms with Gasteiger partial charge in [0.2, 0.25) is 0 Å². The Hall–Kier alpha value is -1.35. The molecule has 1 aromatic rings. The maximum atomic E-state index is 11.6. The molecule has 0 unspecified atom stereocenters. The summed E-state index contributed by atoms with van der Waals surface area (Å²) in [7, 11) is 3.50. The van der Waals surface area contributed by atoms with Crippen LogP contribution >= 0.6 is 0 Å². The van der Waals surface area contributed by atoms with E-state index < -0.39 is 0 Å². The monoisotopic (exact) mass is 220 g/mol. The Kier molecular flexibility index (Phi) is 3.70. The van der Waals surface area contributed by atoms with Crippen molar-refractivity contribution >= 4 is 5.91 Å². The number of hydrogen-bond donors (Lipinski definition) is 1. The van der Waals surface area contributed by atoms with Gasteiger partial charge in [0.1, 0.15) is 0 Å². The molecule has 1 rings (SSSR count). The maximum Gasteiger partial charge on any atom is 0.253 e. The van der Waals surface area contributed by atoms with E-state index in [0.717, 1.165) is 12.0 Å². The van der Waals surface area contributed by atoms with Crippen LogP contribution in [0.4, 0.5) is 0 Å². The van der Waals surface area contributed by atoms with Crippen LogP contribution in [0, 0.1) is 0 Å². The van der Waals surface area contributed by atoms with Crippen LogP contribution < -0.4 is 5.73 Å². The van der Waals surface area contributed by atoms with Crippen molar-refractivity contribution < 1.29 is 4.79 Å². The minimum Gasteiger partial charge on any atom is -0.345 e. The van der Waals surface area contributed by atoms with Crippen molar-refractivity contribution in [2.24, 2.45) is 5.73 Å². The standard InChI is InChI=1S/C13H20N2O/c1-13(2,14)9-10-5-7-11(8-6-10)12(16)15(3)4/h5-8H,9,14H2,1-4H3. The van der Waals surface area contributed by atoms with E-state index in [9.17, 15) is 4.79 Å². The van der Waals surface area contributed by atoms with Gasteiger partial charge < -0.3 is 10.6 Å². The van der Waals surface area contributed by atoms with Crippen LogP contribution in [-0.4, -0.2) is 30.4 Å². The van der Waals surface area contributed by atoms with E-state index in [1.807, 2.05) is 38.1 Å². The van der Waals surface area contributed by atoms with Crippen LogP contribution in [0.3, 0.4) is 0 Å². The normalized spacial score (nSPS) is 11.3. The van der Waals surface area contributed by atoms with E-state index in [1.54, 1.807) is 19.0 Å². The molecule has 3 nitrogen and oxygen atoms in total. The zero-order valence-corrected chi connectivity index (χ0v) is 10.4. The summed E-state index contributed by atoms with van der Waals surface area (Å²) in [4.78, 5) is 13.2. The predicted molar refractivity (Wildman–Crippen MR) is 66.4 cm³/mol. The molecule has 0 heterocycles. The lowest BCUT2D eigenvalue weighted by Crippen LogP contribution is -2.34. The van der Waals surface area contributed by atoms with Crippen molar-refractivity contribution in [3.05, 3.63) is 35.4 Å². The molecule has 0 bridgehead atoms. The first-order chi connectivity index (χ1) is 7.29. The van der Waals surface area contributed by atoms with Crippen LogP contribution in [0.15, 0.2) is 24.3 Å². The van der Waals surface area contributed by atoms with Gasteiger partial charge in [0.05, 0.1) is 0 Å². The van der Waals surface area contributed by atoms with Gasteiger partial charge in [0.15, 0.2) is 0 Å². The molecule has 16 heavy (non-hydrogen) atoms. The fraction of sp³-hybridized carbons (Fsp3) is 0.462. The molecule has 0 aliphatic heterocycles. The number of nitrogens with zero attached hydrogens (tertiary/aromatic N) is 1. The highest BCUT2D eigenvalue weighted by Crippen LogP contribution is 2.12. The second kappa shape index (κ2) is 4.66. The molecule has 0 radical (unpaired) electrons. The third-order valence-electron chi connectivity index (χ3n) is 2.27. The molecule has 0 saturated heterocycles. The number of carbonyl (C=O) groups excluding carboxylic acids is 1. The molecule has 0 aliphatic rings. The molecule has 0 saturated carbocycles. The minimum absolute atomic E-state index is 0.0264. The van der Waals surface area contributed by atoms with E-state index >= 15 is 0 Å². The first-order valence-electron chi connectivity index (χ1n) is 5.39. The van der Waals surface area contributed by atoms with Gasteiger partial charge in [-0.2, -0.15) is 0 Å². The summed E-state index contributed by atoms with van der Waals surface area (Å²) in [6.07, 6.45) is 0.809. The summed E-state index contributed by atoms with van der Waals surface area (Å²) < 4.78 is 0. The largest absolute Gasteiger partial charge is 0.345 e. The Bertz CT molecular complexity index is 361. The highest BCUT2D eigenvalue weighted by Gasteiger charge is 2.12. The van der Waals surface area contributed by atoms with E-state index in [4.69, 9.17) is 5.73 Å². The van der Waals surface area contributed by atoms with Crippen molar-refractivity contribution in [3.8, 4) is 0 Å². The third-order valence-corrected chi connectivity index (χ3v) is 2.27. The minimum atomic E-state index is -0.215. The topological polar surface area (TPSA) is 46.3 Å². The number of hydrogen-bond acceptors (Lipinski definition) is 2. The first-order valence-corrected chi connectivity index (χ1v) is 5.39. The average Bonchev–Trinajstić information content (AvgIpc) is 2.15. The third kappa shape index (κ3) is 3.66. The van der Waals surface area contributed by atoms with Crippen LogP contribution in [-0.2, 0) is 6.42 Å². The highest BCUT2D eigenvalue weighted by molar-refractivity contribution is 5.93. The first kappa shape index (κ1) is 12.7. The fourth-order valence-electron chi connectivity index (χ4n) is 1.55. The molecule has 2 N–H and O–H groups in total. The van der Waals surface area contributed by atoms with Gasteiger partial charge in [0, 0.05) is 25.2 Å². The highest BCUT2D eigenvalue weighted by atomic mass is 16.2. The van der Waals surface area contributed by atoms with E-state index in [2.05, 4.69) is 0 Å². The molecule has 0 spiro atoms. The number of benzene rings is 1. The number of nitrogens with two attached hydrogens (primary N) is 1. The predicted octanol–water partition coefficient (Wildman–Crippen LogP) is 1.67. The zero-order chi connectivity index (χ0) is 12.3. The van der Waals surface area contributed by atoms with Crippen molar-refractivity contribution in [2.75, 3.05) is 14.1 Å². The SMILES string of the molecule is CN(C)C(=O)c1ccc(CC(C)(C)N)cc1. The summed E-state index contributed by atoms with van der Waals surface area (Å²) in [5, 5.41) is 0. The van der Waals surface area contributed by atoms with Crippen molar-refractivity contribution in [1.29, 1.82) is 0 Å². The summed E-state index contributed by atoms with van der Waals surface area (Å²) in [5.74, 6) is 0.0264. The number of amides is 1. The Balaban J connectivity index is 2.80. The lowest BCUT2D eigenvalue weighted by Gasteiger charge is -2.18. The average molecular weight is 220 g/mol. The van der Waals surface area contributed by atoms with E-state index in [-0.39, 0.29) is 11.4 Å². The molecule has 0 aliphatic carbocycles. The smallest absolute Gasteiger partial charge is 0.253 e. The molecule has 0 atom stereocenters. The Morgan fingerprint density at radius 2 is 1.75 bits per heavy atom. The molecule has 1 amide bonds. The molecule has 0 fully saturated rings. The lowest BCUT2D eigenvalue weighted by molar-refractivity contribution is 0.0827. The summed E-state index contributed by atoms with van der Waals surface area (Å²) in [6.45, 7) is 3.98. The summed E-state index contributed by atoms with van der Waals surface area (Å²) in [6, 6.07) is 7.63. The number of rotatable bonds is 3. The van der Waals surface area contributed by atoms with Crippen molar-refractivity contribution in [1.82, 2.24) is 4.90 Å². The Morgan fingerprint density at radius 1 is 1.25 bits per heavy atom. The summed E-state index contributed by atoms with van der Waals surface area (Å²) in [5.41, 5.74) is 7.59. The van der Waals surface area contributed by atoms with Crippen molar-refractivity contribution in [2.45, 2.75) is 25.8 Å². The molecule has 0 aromatic heterocycles. The van der Waals surface area contributed by atoms with Crippen LogP contribution in [0.5, 0.6) is 0 Å². The fourth-order valence-corrected chi connectivity index (χ4v) is 1.55.